The first-order valence-corrected chi connectivity index (χ1v) is 13.3. The summed E-state index contributed by atoms with van der Waals surface area (Å²) in [4.78, 5) is 30.3. The van der Waals surface area contributed by atoms with Gasteiger partial charge in [-0.3, -0.25) is 13.8 Å². The second-order valence-electron chi connectivity index (χ2n) is 9.01. The predicted octanol–water partition coefficient (Wildman–Crippen LogP) is 4.22. The summed E-state index contributed by atoms with van der Waals surface area (Å²) in [5.74, 6) is 0.646. The van der Waals surface area contributed by atoms with E-state index >= 15 is 0 Å². The summed E-state index contributed by atoms with van der Waals surface area (Å²) < 4.78 is 14.0. The smallest absolute Gasteiger partial charge is 0.259 e. The second-order valence-corrected chi connectivity index (χ2v) is 11.2. The van der Waals surface area contributed by atoms with Crippen molar-refractivity contribution in [2.45, 2.75) is 33.0 Å². The SMILES string of the molecule is Cc1cc(C(C)Nc2ccccc2P(C)(=O)O)c2nc(N3Cc4ccccc4C3)cc(=O)n2c1. The molecule has 7 nitrogen and oxygen atoms in total. The molecule has 4 aromatic rings. The fourth-order valence-corrected chi connectivity index (χ4v) is 5.55. The van der Waals surface area contributed by atoms with Gasteiger partial charge in [0.2, 0.25) is 7.37 Å². The summed E-state index contributed by atoms with van der Waals surface area (Å²) in [6.07, 6.45) is 1.80. The van der Waals surface area contributed by atoms with Crippen molar-refractivity contribution >= 4 is 29.8 Å². The van der Waals surface area contributed by atoms with Gasteiger partial charge < -0.3 is 15.1 Å². The quantitative estimate of drug-likeness (QED) is 0.421. The molecule has 3 heterocycles. The molecule has 8 heteroatoms. The van der Waals surface area contributed by atoms with Crippen LogP contribution in [-0.4, -0.2) is 20.9 Å². The third kappa shape index (κ3) is 4.13. The monoisotopic (exact) mass is 474 g/mol. The number of aromatic nitrogens is 2. The third-order valence-corrected chi connectivity index (χ3v) is 7.55. The van der Waals surface area contributed by atoms with Gasteiger partial charge >= 0.3 is 0 Å². The van der Waals surface area contributed by atoms with E-state index in [1.807, 2.05) is 38.1 Å². The minimum Gasteiger partial charge on any atom is -0.378 e. The molecule has 34 heavy (non-hydrogen) atoms. The largest absolute Gasteiger partial charge is 0.378 e. The number of pyridine rings is 1. The Hall–Kier alpha value is -3.41. The molecule has 0 amide bonds. The molecular formula is C26H27N4O3P. The second kappa shape index (κ2) is 8.42. The van der Waals surface area contributed by atoms with Crippen LogP contribution >= 0.6 is 7.37 Å². The van der Waals surface area contributed by atoms with E-state index in [-0.39, 0.29) is 11.6 Å². The lowest BCUT2D eigenvalue weighted by atomic mass is 10.1. The first kappa shape index (κ1) is 22.4. The zero-order valence-electron chi connectivity index (χ0n) is 19.4. The molecule has 0 bridgehead atoms. The molecule has 0 aliphatic carbocycles. The van der Waals surface area contributed by atoms with Crippen molar-refractivity contribution in [3.63, 3.8) is 0 Å². The highest BCUT2D eigenvalue weighted by Gasteiger charge is 2.23. The van der Waals surface area contributed by atoms with Gasteiger partial charge in [0.25, 0.3) is 5.56 Å². The number of rotatable bonds is 5. The lowest BCUT2D eigenvalue weighted by Crippen LogP contribution is -2.24. The number of para-hydroxylation sites is 1. The molecule has 2 aromatic heterocycles. The summed E-state index contributed by atoms with van der Waals surface area (Å²) in [6.45, 7) is 6.66. The van der Waals surface area contributed by atoms with E-state index in [0.29, 0.717) is 35.5 Å². The Morgan fingerprint density at radius 2 is 1.71 bits per heavy atom. The number of hydrogen-bond donors (Lipinski definition) is 2. The van der Waals surface area contributed by atoms with Crippen LogP contribution in [0.15, 0.2) is 71.7 Å². The van der Waals surface area contributed by atoms with E-state index in [4.69, 9.17) is 4.98 Å². The number of fused-ring (bicyclic) bond motifs is 2. The van der Waals surface area contributed by atoms with Crippen molar-refractivity contribution in [1.82, 2.24) is 9.38 Å². The van der Waals surface area contributed by atoms with Crippen molar-refractivity contribution < 1.29 is 9.46 Å². The maximum absolute atomic E-state index is 13.1. The average Bonchev–Trinajstić information content (AvgIpc) is 3.23. The normalized spacial score (nSPS) is 15.7. The number of benzene rings is 2. The van der Waals surface area contributed by atoms with Gasteiger partial charge in [-0.15, -0.1) is 0 Å². The zero-order valence-corrected chi connectivity index (χ0v) is 20.3. The Morgan fingerprint density at radius 1 is 1.06 bits per heavy atom. The van der Waals surface area contributed by atoms with Crippen molar-refractivity contribution in [3.05, 3.63) is 99.5 Å². The lowest BCUT2D eigenvalue weighted by molar-refractivity contribution is 0.496. The fourth-order valence-electron chi connectivity index (χ4n) is 4.60. The van der Waals surface area contributed by atoms with Crippen molar-refractivity contribution in [3.8, 4) is 0 Å². The number of hydrogen-bond acceptors (Lipinski definition) is 5. The maximum atomic E-state index is 13.1. The maximum Gasteiger partial charge on any atom is 0.259 e. The van der Waals surface area contributed by atoms with E-state index in [2.05, 4.69) is 22.3 Å². The summed E-state index contributed by atoms with van der Waals surface area (Å²) in [5, 5.41) is 3.75. The number of aryl methyl sites for hydroxylation is 1. The van der Waals surface area contributed by atoms with Gasteiger partial charge in [0, 0.05) is 43.3 Å². The molecule has 1 aliphatic rings. The Labute approximate surface area is 198 Å². The Kier molecular flexibility index (Phi) is 5.54. The van der Waals surface area contributed by atoms with E-state index in [1.165, 1.54) is 17.8 Å². The molecule has 0 radical (unpaired) electrons. The molecule has 5 rings (SSSR count). The van der Waals surface area contributed by atoms with Crippen LogP contribution in [0.5, 0.6) is 0 Å². The Morgan fingerprint density at radius 3 is 2.38 bits per heavy atom. The van der Waals surface area contributed by atoms with Crippen LogP contribution in [0.4, 0.5) is 11.5 Å². The predicted molar refractivity (Wildman–Crippen MR) is 136 cm³/mol. The first-order chi connectivity index (χ1) is 16.2. The van der Waals surface area contributed by atoms with Gasteiger partial charge in [-0.1, -0.05) is 36.4 Å². The van der Waals surface area contributed by atoms with Crippen LogP contribution in [0.3, 0.4) is 0 Å². The highest BCUT2D eigenvalue weighted by Crippen LogP contribution is 2.38. The number of nitrogens with zero attached hydrogens (tertiary/aromatic N) is 3. The van der Waals surface area contributed by atoms with Crippen molar-refractivity contribution in [2.24, 2.45) is 0 Å². The van der Waals surface area contributed by atoms with Crippen molar-refractivity contribution in [2.75, 3.05) is 16.9 Å². The molecule has 2 unspecified atom stereocenters. The molecule has 0 saturated heterocycles. The third-order valence-electron chi connectivity index (χ3n) is 6.27. The molecular weight excluding hydrogens is 447 g/mol. The molecule has 2 aromatic carbocycles. The summed E-state index contributed by atoms with van der Waals surface area (Å²) in [5.41, 5.74) is 5.29. The van der Waals surface area contributed by atoms with E-state index < -0.39 is 7.37 Å². The number of nitrogens with one attached hydrogen (secondary N) is 1. The molecule has 0 saturated carbocycles. The van der Waals surface area contributed by atoms with Gasteiger partial charge in [-0.25, -0.2) is 4.98 Å². The van der Waals surface area contributed by atoms with Gasteiger partial charge in [0.1, 0.15) is 11.5 Å². The van der Waals surface area contributed by atoms with Crippen LogP contribution in [0, 0.1) is 6.92 Å². The van der Waals surface area contributed by atoms with E-state index in [0.717, 1.165) is 11.1 Å². The van der Waals surface area contributed by atoms with Crippen LogP contribution in [-0.2, 0) is 17.7 Å². The topological polar surface area (TPSA) is 86.9 Å². The van der Waals surface area contributed by atoms with Crippen LogP contribution < -0.4 is 21.1 Å². The minimum absolute atomic E-state index is 0.137. The average molecular weight is 475 g/mol. The molecule has 2 atom stereocenters. The van der Waals surface area contributed by atoms with Crippen molar-refractivity contribution in [1.29, 1.82) is 0 Å². The lowest BCUT2D eigenvalue weighted by Gasteiger charge is -2.22. The summed E-state index contributed by atoms with van der Waals surface area (Å²) >= 11 is 0. The minimum atomic E-state index is -3.46. The Balaban J connectivity index is 1.57. The highest BCUT2D eigenvalue weighted by atomic mass is 31.2. The molecule has 0 fully saturated rings. The highest BCUT2D eigenvalue weighted by molar-refractivity contribution is 7.65. The van der Waals surface area contributed by atoms with E-state index in [9.17, 15) is 14.3 Å². The van der Waals surface area contributed by atoms with Gasteiger partial charge in [0.05, 0.1) is 11.3 Å². The number of anilines is 2. The van der Waals surface area contributed by atoms with Crippen LogP contribution in [0.2, 0.25) is 0 Å². The fraction of sp³-hybridized carbons (Fsp3) is 0.231. The van der Waals surface area contributed by atoms with Gasteiger partial charge in [0.15, 0.2) is 0 Å². The van der Waals surface area contributed by atoms with Gasteiger partial charge in [-0.05, 0) is 48.7 Å². The zero-order chi connectivity index (χ0) is 24.0. The molecule has 1 aliphatic heterocycles. The Bertz CT molecular complexity index is 1480. The van der Waals surface area contributed by atoms with Crippen LogP contribution in [0.1, 0.15) is 35.2 Å². The first-order valence-electron chi connectivity index (χ1n) is 11.2. The van der Waals surface area contributed by atoms with Gasteiger partial charge in [-0.2, -0.15) is 0 Å². The molecule has 2 N–H and O–H groups in total. The van der Waals surface area contributed by atoms with E-state index in [1.54, 1.807) is 34.9 Å². The van der Waals surface area contributed by atoms with Crippen LogP contribution in [0.25, 0.3) is 5.65 Å². The standard InChI is InChI=1S/C26H27N4O3P/c1-17-12-21(18(2)27-22-10-6-7-11-23(22)34(3,32)33)26-28-24(13-25(31)30(26)14-17)29-15-19-8-4-5-9-20(19)16-29/h4-14,18,27H,15-16H2,1-3H3,(H,32,33). The summed E-state index contributed by atoms with van der Waals surface area (Å²) in [7, 11) is -3.46. The molecule has 0 spiro atoms. The summed E-state index contributed by atoms with van der Waals surface area (Å²) in [6, 6.07) is 18.6. The molecule has 174 valence electrons.